The zero-order valence-corrected chi connectivity index (χ0v) is 29.7. The van der Waals surface area contributed by atoms with E-state index >= 15 is 0 Å². The smallest absolute Gasteiger partial charge is 0.178 e. The van der Waals surface area contributed by atoms with Crippen LogP contribution in [0, 0.1) is 0 Å². The number of amidine groups is 1. The van der Waals surface area contributed by atoms with Gasteiger partial charge in [-0.2, -0.15) is 5.10 Å². The van der Waals surface area contributed by atoms with E-state index in [1.54, 1.807) is 11.8 Å². The van der Waals surface area contributed by atoms with E-state index in [0.717, 1.165) is 35.3 Å². The Kier molecular flexibility index (Phi) is 8.89. The van der Waals surface area contributed by atoms with Crippen LogP contribution in [-0.4, -0.2) is 23.3 Å². The van der Waals surface area contributed by atoms with Crippen molar-refractivity contribution in [3.63, 3.8) is 0 Å². The van der Waals surface area contributed by atoms with Crippen LogP contribution in [0.5, 0.6) is 0 Å². The highest BCUT2D eigenvalue weighted by molar-refractivity contribution is 8.02. The van der Waals surface area contributed by atoms with E-state index in [0.29, 0.717) is 5.84 Å². The molecule has 1 aliphatic heterocycles. The van der Waals surface area contributed by atoms with Crippen LogP contribution >= 0.6 is 11.8 Å². The molecule has 0 bridgehead atoms. The number of para-hydroxylation sites is 2. The van der Waals surface area contributed by atoms with Crippen LogP contribution in [0.2, 0.25) is 0 Å². The number of aliphatic imine (C=N–C) groups is 1. The average Bonchev–Trinajstić information content (AvgIpc) is 3.46. The predicted octanol–water partition coefficient (Wildman–Crippen LogP) is 10.9. The van der Waals surface area contributed by atoms with Crippen LogP contribution in [0.1, 0.15) is 53.5 Å². The van der Waals surface area contributed by atoms with E-state index in [2.05, 4.69) is 151 Å². The Bertz CT molecular complexity index is 2210. The van der Waals surface area contributed by atoms with Crippen LogP contribution in [0.4, 0.5) is 11.4 Å². The highest BCUT2D eigenvalue weighted by Crippen LogP contribution is 2.55. The summed E-state index contributed by atoms with van der Waals surface area (Å²) in [6.07, 6.45) is 13.2. The Morgan fingerprint density at radius 3 is 2.02 bits per heavy atom. The van der Waals surface area contributed by atoms with Gasteiger partial charge in [-0.1, -0.05) is 133 Å². The Morgan fingerprint density at radius 1 is 0.745 bits per heavy atom. The summed E-state index contributed by atoms with van der Waals surface area (Å²) >= 11 is 1.78. The molecule has 4 nitrogen and oxygen atoms in total. The zero-order valence-electron chi connectivity index (χ0n) is 28.9. The fourth-order valence-electron chi connectivity index (χ4n) is 7.73. The maximum Gasteiger partial charge on any atom is 0.178 e. The van der Waals surface area contributed by atoms with Gasteiger partial charge < -0.3 is 10.7 Å². The summed E-state index contributed by atoms with van der Waals surface area (Å²) in [7, 11) is 0. The molecular weight excluding hydrogens is 641 g/mol. The summed E-state index contributed by atoms with van der Waals surface area (Å²) in [6, 6.07) is 49.2. The van der Waals surface area contributed by atoms with E-state index in [-0.39, 0.29) is 11.5 Å². The number of hydrogen-bond acceptors (Lipinski definition) is 4. The number of hydrogen-bond donors (Lipinski definition) is 1. The highest BCUT2D eigenvalue weighted by Gasteiger charge is 2.45. The van der Waals surface area contributed by atoms with Crippen molar-refractivity contribution in [3.8, 4) is 0 Å². The molecule has 0 saturated heterocycles. The van der Waals surface area contributed by atoms with Crippen LogP contribution in [0.25, 0.3) is 11.1 Å². The van der Waals surface area contributed by atoms with Gasteiger partial charge in [0.15, 0.2) is 5.84 Å². The van der Waals surface area contributed by atoms with Crippen LogP contribution in [0.15, 0.2) is 184 Å². The van der Waals surface area contributed by atoms with Gasteiger partial charge in [0.05, 0.1) is 11.3 Å². The molecule has 0 spiro atoms. The van der Waals surface area contributed by atoms with Gasteiger partial charge in [0.2, 0.25) is 0 Å². The van der Waals surface area contributed by atoms with Gasteiger partial charge in [-0.15, -0.1) is 11.8 Å². The van der Waals surface area contributed by atoms with Crippen molar-refractivity contribution < 1.29 is 0 Å². The number of rotatable bonds is 7. The number of anilines is 2. The van der Waals surface area contributed by atoms with E-state index in [1.807, 2.05) is 36.4 Å². The summed E-state index contributed by atoms with van der Waals surface area (Å²) in [5.74, 6) is 6.81. The first-order valence-corrected chi connectivity index (χ1v) is 18.7. The molecule has 1 heterocycles. The highest BCUT2D eigenvalue weighted by atomic mass is 32.2. The zero-order chi connectivity index (χ0) is 34.8. The number of fused-ring (bicyclic) bond motifs is 3. The molecule has 2 N–H and O–H groups in total. The average molecular weight is 681 g/mol. The van der Waals surface area contributed by atoms with E-state index < -0.39 is 0 Å². The number of hydrazone groups is 1. The lowest BCUT2D eigenvalue weighted by atomic mass is 9.79. The second-order valence-electron chi connectivity index (χ2n) is 13.3. The van der Waals surface area contributed by atoms with Gasteiger partial charge in [0.25, 0.3) is 0 Å². The number of thioether (sulfide) groups is 1. The third kappa shape index (κ3) is 6.08. The molecule has 0 saturated carbocycles. The largest absolute Gasteiger partial charge is 0.331 e. The molecule has 0 aromatic heterocycles. The molecular formula is C46H40N4S. The van der Waals surface area contributed by atoms with Crippen LogP contribution < -0.4 is 10.7 Å². The normalized spacial score (nSPS) is 19.6. The maximum atomic E-state index is 6.02. The van der Waals surface area contributed by atoms with Crippen molar-refractivity contribution in [2.45, 2.75) is 31.2 Å². The SMILES string of the molecule is CSC1=CC(/C(N=C(c2ccccc2)c2ccccc2)=N/N)=CCC1c1ccc(C2=CCC3(C)C(=C2)c2ccccc2N3c2ccccc2)cc1. The van der Waals surface area contributed by atoms with Crippen molar-refractivity contribution >= 4 is 45.8 Å². The number of nitrogens with zero attached hydrogens (tertiary/aromatic N) is 3. The third-order valence-electron chi connectivity index (χ3n) is 10.3. The van der Waals surface area contributed by atoms with E-state index in [4.69, 9.17) is 10.8 Å². The second-order valence-corrected chi connectivity index (χ2v) is 14.2. The first-order valence-electron chi connectivity index (χ1n) is 17.5. The molecule has 0 radical (unpaired) electrons. The van der Waals surface area contributed by atoms with Crippen molar-refractivity contribution in [2.24, 2.45) is 15.9 Å². The van der Waals surface area contributed by atoms with Crippen molar-refractivity contribution in [3.05, 3.63) is 202 Å². The molecule has 8 rings (SSSR count). The fraction of sp³-hybridized carbons (Fsp3) is 0.130. The Balaban J connectivity index is 1.05. The molecule has 5 heteroatoms. The van der Waals surface area contributed by atoms with Gasteiger partial charge in [0.1, 0.15) is 0 Å². The number of nitrogens with two attached hydrogens (primary N) is 1. The summed E-state index contributed by atoms with van der Waals surface area (Å²) in [5, 5.41) is 4.19. The van der Waals surface area contributed by atoms with Crippen molar-refractivity contribution in [2.75, 3.05) is 11.2 Å². The predicted molar refractivity (Wildman–Crippen MR) is 218 cm³/mol. The lowest BCUT2D eigenvalue weighted by Crippen LogP contribution is -2.40. The van der Waals surface area contributed by atoms with Crippen molar-refractivity contribution in [1.29, 1.82) is 0 Å². The van der Waals surface area contributed by atoms with E-state index in [1.165, 1.54) is 44.1 Å². The van der Waals surface area contributed by atoms with Gasteiger partial charge in [-0.3, -0.25) is 0 Å². The number of allylic oxidation sites excluding steroid dienone is 4. The topological polar surface area (TPSA) is 54.0 Å². The molecule has 3 aliphatic rings. The van der Waals surface area contributed by atoms with Crippen LogP contribution in [0.3, 0.4) is 0 Å². The lowest BCUT2D eigenvalue weighted by Gasteiger charge is -2.39. The third-order valence-corrected chi connectivity index (χ3v) is 11.2. The van der Waals surface area contributed by atoms with Gasteiger partial charge in [-0.25, -0.2) is 4.99 Å². The maximum absolute atomic E-state index is 6.02. The minimum atomic E-state index is -0.142. The molecule has 0 amide bonds. The van der Waals surface area contributed by atoms with E-state index in [9.17, 15) is 0 Å². The minimum absolute atomic E-state index is 0.142. The fourth-order valence-corrected chi connectivity index (χ4v) is 8.49. The summed E-state index contributed by atoms with van der Waals surface area (Å²) < 4.78 is 0. The molecule has 5 aromatic rings. The first-order chi connectivity index (χ1) is 25.1. The molecule has 51 heavy (non-hydrogen) atoms. The molecule has 250 valence electrons. The summed E-state index contributed by atoms with van der Waals surface area (Å²) in [5.41, 5.74) is 12.7. The number of benzene rings is 5. The Morgan fingerprint density at radius 2 is 1.37 bits per heavy atom. The van der Waals surface area contributed by atoms with Crippen LogP contribution in [-0.2, 0) is 0 Å². The quantitative estimate of drug-likeness (QED) is 0.0806. The Labute approximate surface area is 305 Å². The second kappa shape index (κ2) is 13.9. The van der Waals surface area contributed by atoms with Crippen molar-refractivity contribution in [1.82, 2.24) is 0 Å². The lowest BCUT2D eigenvalue weighted by molar-refractivity contribution is 0.608. The summed E-state index contributed by atoms with van der Waals surface area (Å²) in [4.78, 5) is 8.85. The molecule has 5 aromatic carbocycles. The first kappa shape index (κ1) is 32.5. The van der Waals surface area contributed by atoms with Gasteiger partial charge in [0, 0.05) is 39.6 Å². The molecule has 2 aliphatic carbocycles. The molecule has 2 unspecified atom stereocenters. The molecule has 0 fully saturated rings. The Hall–Kier alpha value is -5.65. The van der Waals surface area contributed by atoms with Gasteiger partial charge >= 0.3 is 0 Å². The molecule has 2 atom stereocenters. The standard InChI is InChI=1S/C46H40N4S/c1-46-29-28-36(30-41(46)40-20-12-13-21-42(40)50(46)38-18-10-5-11-19-38)32-22-24-33(25-23-32)39-27-26-37(31-43(39)51-2)45(49-47)48-44(34-14-6-3-7-15-34)35-16-8-4-9-17-35/h3-26,28,30-31,39H,27,29,47H2,1-2H3/b49-45-. The van der Waals surface area contributed by atoms with Gasteiger partial charge in [-0.05, 0) is 83.6 Å². The monoisotopic (exact) mass is 680 g/mol. The minimum Gasteiger partial charge on any atom is -0.331 e. The summed E-state index contributed by atoms with van der Waals surface area (Å²) in [6.45, 7) is 2.37.